The summed E-state index contributed by atoms with van der Waals surface area (Å²) < 4.78 is 2.18. The van der Waals surface area contributed by atoms with Crippen molar-refractivity contribution in [1.29, 1.82) is 0 Å². The molecule has 4 nitrogen and oxygen atoms in total. The summed E-state index contributed by atoms with van der Waals surface area (Å²) in [7, 11) is 0. The molecule has 35 heavy (non-hydrogen) atoms. The zero-order valence-electron chi connectivity index (χ0n) is 18.9. The number of rotatable bonds is 3. The maximum Gasteiger partial charge on any atom is 0.335 e. The molecule has 1 aliphatic heterocycles. The zero-order chi connectivity index (χ0) is 23.5. The molecule has 0 radical (unpaired) electrons. The monoisotopic (exact) mass is 454 g/mol. The Kier molecular flexibility index (Phi) is 4.24. The molecular formula is C31H22N2O2. The molecule has 1 N–H and O–H groups in total. The summed E-state index contributed by atoms with van der Waals surface area (Å²) in [6, 6.07) is 30.8. The van der Waals surface area contributed by atoms with Crippen molar-refractivity contribution in [2.24, 2.45) is 0 Å². The second-order valence-electron chi connectivity index (χ2n) is 9.13. The van der Waals surface area contributed by atoms with E-state index in [1.807, 2.05) is 30.3 Å². The molecule has 2 unspecified atom stereocenters. The minimum absolute atomic E-state index is 0.104. The van der Waals surface area contributed by atoms with E-state index in [-0.39, 0.29) is 17.5 Å². The number of aromatic carboxylic acids is 1. The highest BCUT2D eigenvalue weighted by atomic mass is 16.4. The normalized spacial score (nSPS) is 18.2. The number of hydrogen-bond acceptors (Lipinski definition) is 2. The van der Waals surface area contributed by atoms with Crippen LogP contribution in [0.1, 0.15) is 21.8 Å². The molecule has 2 aliphatic rings. The van der Waals surface area contributed by atoms with Crippen molar-refractivity contribution >= 4 is 39.1 Å². The first-order valence-electron chi connectivity index (χ1n) is 11.8. The lowest BCUT2D eigenvalue weighted by molar-refractivity contribution is 0.0697. The highest BCUT2D eigenvalue weighted by Crippen LogP contribution is 2.48. The van der Waals surface area contributed by atoms with Gasteiger partial charge in [-0.3, -0.25) is 0 Å². The molecule has 0 bridgehead atoms. The summed E-state index contributed by atoms with van der Waals surface area (Å²) in [4.78, 5) is 14.6. The lowest BCUT2D eigenvalue weighted by Crippen LogP contribution is -2.28. The van der Waals surface area contributed by atoms with Gasteiger partial charge in [-0.05, 0) is 42.0 Å². The molecule has 2 atom stereocenters. The summed E-state index contributed by atoms with van der Waals surface area (Å²) in [5.74, 6) is -0.696. The van der Waals surface area contributed by atoms with E-state index >= 15 is 0 Å². The predicted octanol–water partition coefficient (Wildman–Crippen LogP) is 7.21. The molecule has 1 aliphatic carbocycles. The molecule has 0 saturated carbocycles. The number of carboxylic acids is 1. The number of carboxylic acid groups (broad SMARTS) is 1. The van der Waals surface area contributed by atoms with Crippen molar-refractivity contribution in [3.63, 3.8) is 0 Å². The average molecular weight is 455 g/mol. The van der Waals surface area contributed by atoms with E-state index < -0.39 is 5.97 Å². The van der Waals surface area contributed by atoms with Crippen molar-refractivity contribution in [1.82, 2.24) is 4.57 Å². The number of nitrogens with zero attached hydrogens (tertiary/aromatic N) is 2. The van der Waals surface area contributed by atoms with E-state index in [0.717, 1.165) is 38.9 Å². The van der Waals surface area contributed by atoms with Gasteiger partial charge in [0.05, 0.1) is 22.6 Å². The van der Waals surface area contributed by atoms with Gasteiger partial charge in [0.25, 0.3) is 0 Å². The van der Waals surface area contributed by atoms with E-state index in [2.05, 4.69) is 82.3 Å². The van der Waals surface area contributed by atoms with Gasteiger partial charge in [0.2, 0.25) is 0 Å². The van der Waals surface area contributed by atoms with Gasteiger partial charge >= 0.3 is 5.97 Å². The average Bonchev–Trinajstić information content (AvgIpc) is 3.42. The molecule has 2 heterocycles. The van der Waals surface area contributed by atoms with Crippen LogP contribution in [0, 0.1) is 0 Å². The van der Waals surface area contributed by atoms with Crippen LogP contribution in [0.2, 0.25) is 0 Å². The van der Waals surface area contributed by atoms with E-state index in [4.69, 9.17) is 0 Å². The van der Waals surface area contributed by atoms with Crippen LogP contribution >= 0.6 is 0 Å². The Balaban J connectivity index is 1.51. The van der Waals surface area contributed by atoms with Gasteiger partial charge in [-0.1, -0.05) is 78.9 Å². The van der Waals surface area contributed by atoms with Gasteiger partial charge in [0, 0.05) is 33.8 Å². The number of aromatic nitrogens is 1. The molecule has 0 fully saturated rings. The van der Waals surface area contributed by atoms with Gasteiger partial charge in [0.15, 0.2) is 0 Å². The van der Waals surface area contributed by atoms with Crippen LogP contribution in [-0.2, 0) is 0 Å². The second kappa shape index (κ2) is 7.47. The Morgan fingerprint density at radius 2 is 1.34 bits per heavy atom. The molecule has 4 heteroatoms. The van der Waals surface area contributed by atoms with Crippen molar-refractivity contribution in [2.45, 2.75) is 12.0 Å². The molecule has 168 valence electrons. The first-order valence-corrected chi connectivity index (χ1v) is 11.8. The third kappa shape index (κ3) is 2.90. The van der Waals surface area contributed by atoms with Crippen molar-refractivity contribution < 1.29 is 9.90 Å². The van der Waals surface area contributed by atoms with Crippen LogP contribution in [0.15, 0.2) is 115 Å². The Morgan fingerprint density at radius 1 is 0.714 bits per heavy atom. The fourth-order valence-electron chi connectivity index (χ4n) is 5.78. The molecular weight excluding hydrogens is 432 g/mol. The molecule has 7 rings (SSSR count). The van der Waals surface area contributed by atoms with Gasteiger partial charge in [-0.15, -0.1) is 0 Å². The highest BCUT2D eigenvalue weighted by Gasteiger charge is 2.37. The maximum absolute atomic E-state index is 12.3. The lowest BCUT2D eigenvalue weighted by Gasteiger charge is -2.29. The third-order valence-corrected chi connectivity index (χ3v) is 7.23. The fraction of sp³-hybridized carbons (Fsp3) is 0.0645. The number of allylic oxidation sites excluding steroid dienone is 2. The summed E-state index contributed by atoms with van der Waals surface area (Å²) in [6.07, 6.45) is 8.62. The first-order chi connectivity index (χ1) is 17.2. The largest absolute Gasteiger partial charge is 0.478 e. The molecule has 5 aromatic rings. The van der Waals surface area contributed by atoms with Crippen LogP contribution < -0.4 is 4.90 Å². The Labute approximate surface area is 202 Å². The quantitative estimate of drug-likeness (QED) is 0.313. The van der Waals surface area contributed by atoms with E-state index in [1.165, 1.54) is 5.56 Å². The summed E-state index contributed by atoms with van der Waals surface area (Å²) in [6.45, 7) is 0. The number of carbonyl (C=O) groups is 1. The SMILES string of the molecule is O=C(O)c1cc(N2c3ccccc3C3C=CC=CC32)cc(-n2c3ccccc3c3ccccc32)c1. The van der Waals surface area contributed by atoms with Crippen molar-refractivity contribution in [2.75, 3.05) is 4.90 Å². The summed E-state index contributed by atoms with van der Waals surface area (Å²) in [5.41, 5.74) is 6.49. The minimum Gasteiger partial charge on any atom is -0.478 e. The van der Waals surface area contributed by atoms with Crippen molar-refractivity contribution in [3.05, 3.63) is 126 Å². The standard InChI is InChI=1S/C31H22N2O2/c34-31(35)20-17-21(32-27-13-5-1-9-23(27)24-10-2-6-14-28(24)32)19-22(18-20)33-29-15-7-3-11-25(29)26-12-4-8-16-30(26)33/h1-19,23,27H,(H,34,35). The topological polar surface area (TPSA) is 45.5 Å². The fourth-order valence-corrected chi connectivity index (χ4v) is 5.78. The van der Waals surface area contributed by atoms with E-state index in [0.29, 0.717) is 0 Å². The van der Waals surface area contributed by atoms with Crippen LogP contribution in [-0.4, -0.2) is 21.7 Å². The van der Waals surface area contributed by atoms with E-state index in [1.54, 1.807) is 12.1 Å². The second-order valence-corrected chi connectivity index (χ2v) is 9.13. The zero-order valence-corrected chi connectivity index (χ0v) is 18.9. The minimum atomic E-state index is -0.933. The van der Waals surface area contributed by atoms with E-state index in [9.17, 15) is 9.90 Å². The lowest BCUT2D eigenvalue weighted by atomic mass is 9.91. The van der Waals surface area contributed by atoms with Crippen LogP contribution in [0.5, 0.6) is 0 Å². The first kappa shape index (κ1) is 19.9. The third-order valence-electron chi connectivity index (χ3n) is 7.23. The highest BCUT2D eigenvalue weighted by molar-refractivity contribution is 6.09. The predicted molar refractivity (Wildman–Crippen MR) is 141 cm³/mol. The van der Waals surface area contributed by atoms with Crippen LogP contribution in [0.25, 0.3) is 27.5 Å². The number of para-hydroxylation sites is 3. The Bertz CT molecular complexity index is 1660. The number of fused-ring (bicyclic) bond motifs is 6. The molecule has 0 spiro atoms. The maximum atomic E-state index is 12.3. The van der Waals surface area contributed by atoms with Gasteiger partial charge in [0.1, 0.15) is 0 Å². The van der Waals surface area contributed by atoms with Gasteiger partial charge in [-0.2, -0.15) is 0 Å². The summed E-state index contributed by atoms with van der Waals surface area (Å²) >= 11 is 0. The van der Waals surface area contributed by atoms with Crippen molar-refractivity contribution in [3.8, 4) is 5.69 Å². The number of hydrogen-bond donors (Lipinski definition) is 1. The molecule has 0 saturated heterocycles. The molecule has 4 aromatic carbocycles. The molecule has 0 amide bonds. The van der Waals surface area contributed by atoms with Crippen LogP contribution in [0.4, 0.5) is 11.4 Å². The summed E-state index contributed by atoms with van der Waals surface area (Å²) in [5, 5.41) is 12.4. The Hall–Kier alpha value is -4.57. The van der Waals surface area contributed by atoms with Gasteiger partial charge in [-0.25, -0.2) is 4.79 Å². The van der Waals surface area contributed by atoms with Gasteiger partial charge < -0.3 is 14.6 Å². The smallest absolute Gasteiger partial charge is 0.335 e. The van der Waals surface area contributed by atoms with Crippen LogP contribution in [0.3, 0.4) is 0 Å². The number of benzene rings is 4. The molecule has 1 aromatic heterocycles. The number of anilines is 2. The Morgan fingerprint density at radius 3 is 2.09 bits per heavy atom.